The number of sulfone groups is 1. The normalized spacial score (nSPS) is 23.2. The van der Waals surface area contributed by atoms with Gasteiger partial charge in [0.15, 0.2) is 0 Å². The number of hydrogen-bond donors (Lipinski definition) is 5. The number of primary amides is 1. The number of rotatable bonds is 14. The number of halogens is 2. The first-order valence-corrected chi connectivity index (χ1v) is 19.9. The fourth-order valence-electron chi connectivity index (χ4n) is 8.03. The zero-order valence-electron chi connectivity index (χ0n) is 30.9. The zero-order valence-corrected chi connectivity index (χ0v) is 31.7. The van der Waals surface area contributed by atoms with Crippen LogP contribution in [-0.4, -0.2) is 98.2 Å². The standard InChI is InChI=1S/C36H54F2N6O7S/c1-34(2,3)28(42-33(49)43-36(20-52(6,50)51)15-8-7-9-16-36)32(48)44-19-23-26(35(23,4)5)27(44)31(47)41-24(18-25(37)38)30(46)40-17-14-21-10-12-22(13-11-21)29(39)45/h10-13,23-28H,7-9,14-20H2,1-6H3,(H2,39,45)(H,40,46)(H,41,47)(H2,42,43,49)/t23-,24?,26-,27?,28+/m0/s1. The summed E-state index contributed by atoms with van der Waals surface area (Å²) in [6, 6.07) is 1.94. The van der Waals surface area contributed by atoms with Gasteiger partial charge in [0, 0.05) is 31.3 Å². The lowest BCUT2D eigenvalue weighted by Crippen LogP contribution is -2.64. The Hall–Kier alpha value is -3.82. The van der Waals surface area contributed by atoms with Crippen molar-refractivity contribution in [2.75, 3.05) is 25.1 Å². The number of urea groups is 1. The number of nitrogens with one attached hydrogen (secondary N) is 4. The molecule has 0 radical (unpaired) electrons. The van der Waals surface area contributed by atoms with E-state index in [1.807, 2.05) is 13.8 Å². The van der Waals surface area contributed by atoms with Gasteiger partial charge in [-0.2, -0.15) is 0 Å². The van der Waals surface area contributed by atoms with E-state index in [4.69, 9.17) is 5.73 Å². The first-order valence-electron chi connectivity index (χ1n) is 17.9. The van der Waals surface area contributed by atoms with E-state index < -0.39 is 81.4 Å². The second-order valence-corrected chi connectivity index (χ2v) is 18.6. The lowest BCUT2D eigenvalue weighted by atomic mass is 9.83. The number of piperidine rings is 1. The lowest BCUT2D eigenvalue weighted by Gasteiger charge is -2.40. The highest BCUT2D eigenvalue weighted by Gasteiger charge is 2.70. The monoisotopic (exact) mass is 752 g/mol. The van der Waals surface area contributed by atoms with Gasteiger partial charge in [0.1, 0.15) is 28.0 Å². The number of carbonyl (C=O) groups excluding carboxylic acids is 5. The minimum Gasteiger partial charge on any atom is -0.366 e. The topological polar surface area (TPSA) is 197 Å². The smallest absolute Gasteiger partial charge is 0.315 e. The fraction of sp³-hybridized carbons (Fsp3) is 0.694. The van der Waals surface area contributed by atoms with Gasteiger partial charge < -0.3 is 31.9 Å². The van der Waals surface area contributed by atoms with Gasteiger partial charge in [0.05, 0.1) is 11.3 Å². The number of amides is 6. The molecule has 1 heterocycles. The minimum atomic E-state index is -3.44. The second-order valence-electron chi connectivity index (χ2n) is 16.5. The number of benzene rings is 1. The molecular formula is C36H54F2N6O7S. The van der Waals surface area contributed by atoms with E-state index in [1.165, 1.54) is 4.90 Å². The van der Waals surface area contributed by atoms with E-state index in [9.17, 15) is 41.2 Å². The van der Waals surface area contributed by atoms with Gasteiger partial charge in [-0.1, -0.05) is 66.0 Å². The Morgan fingerprint density at radius 3 is 2.15 bits per heavy atom. The summed E-state index contributed by atoms with van der Waals surface area (Å²) in [5, 5.41) is 10.8. The van der Waals surface area contributed by atoms with Gasteiger partial charge >= 0.3 is 6.03 Å². The molecule has 13 nitrogen and oxygen atoms in total. The average molecular weight is 753 g/mol. The van der Waals surface area contributed by atoms with Gasteiger partial charge in [-0.25, -0.2) is 22.0 Å². The number of hydrogen-bond acceptors (Lipinski definition) is 7. The van der Waals surface area contributed by atoms with Crippen LogP contribution in [-0.2, 0) is 30.6 Å². The predicted molar refractivity (Wildman–Crippen MR) is 191 cm³/mol. The average Bonchev–Trinajstić information content (AvgIpc) is 3.33. The molecule has 16 heteroatoms. The Kier molecular flexibility index (Phi) is 12.3. The molecule has 290 valence electrons. The largest absolute Gasteiger partial charge is 0.366 e. The molecule has 5 atom stereocenters. The van der Waals surface area contributed by atoms with Gasteiger partial charge in [0.25, 0.3) is 0 Å². The van der Waals surface area contributed by atoms with Crippen LogP contribution in [0.2, 0.25) is 0 Å². The van der Waals surface area contributed by atoms with Crippen molar-refractivity contribution in [3.05, 3.63) is 35.4 Å². The molecule has 1 aromatic rings. The summed E-state index contributed by atoms with van der Waals surface area (Å²) in [4.78, 5) is 67.7. The summed E-state index contributed by atoms with van der Waals surface area (Å²) in [5.74, 6) is -3.26. The second kappa shape index (κ2) is 15.7. The van der Waals surface area contributed by atoms with E-state index in [1.54, 1.807) is 45.0 Å². The molecule has 3 fully saturated rings. The van der Waals surface area contributed by atoms with Crippen molar-refractivity contribution in [1.29, 1.82) is 0 Å². The Balaban J connectivity index is 1.48. The van der Waals surface area contributed by atoms with Crippen LogP contribution in [0, 0.1) is 22.7 Å². The van der Waals surface area contributed by atoms with Gasteiger partial charge in [-0.15, -0.1) is 0 Å². The molecule has 4 rings (SSSR count). The zero-order chi connectivity index (χ0) is 38.8. The van der Waals surface area contributed by atoms with Crippen molar-refractivity contribution in [3.8, 4) is 0 Å². The molecule has 1 aromatic carbocycles. The summed E-state index contributed by atoms with van der Waals surface area (Å²) in [6.07, 6.45) is 0.971. The van der Waals surface area contributed by atoms with Crippen molar-refractivity contribution in [2.24, 2.45) is 28.4 Å². The van der Waals surface area contributed by atoms with Crippen LogP contribution in [0.25, 0.3) is 0 Å². The van der Waals surface area contributed by atoms with Crippen molar-refractivity contribution >= 4 is 39.5 Å². The van der Waals surface area contributed by atoms with E-state index >= 15 is 0 Å². The van der Waals surface area contributed by atoms with Crippen molar-refractivity contribution in [2.45, 2.75) is 110 Å². The summed E-state index contributed by atoms with van der Waals surface area (Å²) < 4.78 is 52.0. The summed E-state index contributed by atoms with van der Waals surface area (Å²) in [6.45, 7) is 9.46. The van der Waals surface area contributed by atoms with Crippen LogP contribution < -0.4 is 27.0 Å². The number of alkyl halides is 2. The van der Waals surface area contributed by atoms with Crippen LogP contribution in [0.15, 0.2) is 24.3 Å². The van der Waals surface area contributed by atoms with Crippen molar-refractivity contribution in [3.63, 3.8) is 0 Å². The molecule has 2 unspecified atom stereocenters. The third-order valence-corrected chi connectivity index (χ3v) is 12.0. The van der Waals surface area contributed by atoms with Crippen LogP contribution in [0.4, 0.5) is 13.6 Å². The molecule has 52 heavy (non-hydrogen) atoms. The Morgan fingerprint density at radius 2 is 1.62 bits per heavy atom. The van der Waals surface area contributed by atoms with E-state index in [0.29, 0.717) is 24.8 Å². The highest BCUT2D eigenvalue weighted by molar-refractivity contribution is 7.90. The quantitative estimate of drug-likeness (QED) is 0.193. The van der Waals surface area contributed by atoms with Crippen LogP contribution >= 0.6 is 0 Å². The number of nitrogens with zero attached hydrogens (tertiary/aromatic N) is 1. The van der Waals surface area contributed by atoms with E-state index in [2.05, 4.69) is 21.3 Å². The lowest BCUT2D eigenvalue weighted by molar-refractivity contribution is -0.144. The molecule has 1 saturated heterocycles. The highest BCUT2D eigenvalue weighted by atomic mass is 32.2. The number of carbonyl (C=O) groups is 5. The first kappa shape index (κ1) is 40.9. The molecule has 6 N–H and O–H groups in total. The summed E-state index contributed by atoms with van der Waals surface area (Å²) in [7, 11) is -3.44. The Morgan fingerprint density at radius 1 is 1.00 bits per heavy atom. The molecule has 1 aliphatic heterocycles. The summed E-state index contributed by atoms with van der Waals surface area (Å²) in [5.41, 5.74) is 4.21. The van der Waals surface area contributed by atoms with Crippen LogP contribution in [0.5, 0.6) is 0 Å². The molecule has 3 aliphatic rings. The molecule has 0 aromatic heterocycles. The van der Waals surface area contributed by atoms with Crippen LogP contribution in [0.1, 0.15) is 89.1 Å². The van der Waals surface area contributed by atoms with Crippen molar-refractivity contribution < 1.29 is 41.2 Å². The molecule has 0 spiro atoms. The number of nitrogens with two attached hydrogens (primary N) is 1. The summed E-state index contributed by atoms with van der Waals surface area (Å²) >= 11 is 0. The molecule has 0 bridgehead atoms. The molecular weight excluding hydrogens is 698 g/mol. The Bertz CT molecular complexity index is 1620. The fourth-order valence-corrected chi connectivity index (χ4v) is 9.39. The third-order valence-electron chi connectivity index (χ3n) is 10.9. The number of likely N-dealkylation sites (tertiary alicyclic amines) is 1. The maximum absolute atomic E-state index is 14.3. The molecule has 6 amide bonds. The van der Waals surface area contributed by atoms with E-state index in [0.717, 1.165) is 31.1 Å². The highest BCUT2D eigenvalue weighted by Crippen LogP contribution is 2.65. The Labute approximate surface area is 304 Å². The first-order chi connectivity index (χ1) is 24.0. The minimum absolute atomic E-state index is 0.0646. The molecule has 2 saturated carbocycles. The molecule has 2 aliphatic carbocycles. The van der Waals surface area contributed by atoms with E-state index in [-0.39, 0.29) is 36.1 Å². The van der Waals surface area contributed by atoms with Gasteiger partial charge in [-0.3, -0.25) is 19.2 Å². The maximum Gasteiger partial charge on any atom is 0.315 e. The third kappa shape index (κ3) is 9.98. The van der Waals surface area contributed by atoms with Crippen LogP contribution in [0.3, 0.4) is 0 Å². The number of fused-ring (bicyclic) bond motifs is 1. The van der Waals surface area contributed by atoms with Gasteiger partial charge in [0.2, 0.25) is 30.1 Å². The van der Waals surface area contributed by atoms with Crippen molar-refractivity contribution in [1.82, 2.24) is 26.2 Å². The maximum atomic E-state index is 14.3. The predicted octanol–water partition coefficient (Wildman–Crippen LogP) is 2.53. The SMILES string of the molecule is CC(C)(C)[C@H](NC(=O)NC1(CS(C)(=O)=O)CCCCC1)C(=O)N1C[C@H]2[C@@H](C1C(=O)NC(CC(F)F)C(=O)NCCc1ccc(C(N)=O)cc1)C2(C)C. The van der Waals surface area contributed by atoms with Gasteiger partial charge in [-0.05, 0) is 59.6 Å².